The van der Waals surface area contributed by atoms with Gasteiger partial charge in [0.05, 0.1) is 11.6 Å². The maximum Gasteiger partial charge on any atom is 0.299 e. The van der Waals surface area contributed by atoms with Gasteiger partial charge in [0, 0.05) is 11.1 Å². The van der Waals surface area contributed by atoms with E-state index in [0.29, 0.717) is 5.56 Å². The lowest BCUT2D eigenvalue weighted by molar-refractivity contribution is 0.275. The van der Waals surface area contributed by atoms with Gasteiger partial charge < -0.3 is 0 Å². The summed E-state index contributed by atoms with van der Waals surface area (Å²) >= 11 is 6.64. The fourth-order valence-corrected chi connectivity index (χ4v) is 6.95. The molecule has 2 aliphatic carbocycles. The smallest absolute Gasteiger partial charge is 0.266 e. The van der Waals surface area contributed by atoms with Crippen LogP contribution in [0.4, 0.5) is 0 Å². The highest BCUT2D eigenvalue weighted by atomic mass is 35.5. The molecule has 0 atom stereocenters. The first-order valence-electron chi connectivity index (χ1n) is 11.6. The average Bonchev–Trinajstić information content (AvgIpc) is 3.35. The van der Waals surface area contributed by atoms with Crippen molar-refractivity contribution in [1.29, 1.82) is 0 Å². The molecule has 174 valence electrons. The molecule has 0 unspecified atom stereocenters. The summed E-state index contributed by atoms with van der Waals surface area (Å²) in [6.07, 6.45) is 0. The standard InChI is InChI=1S/C30H23ClO3S/c1-18(2)17-34-35(32,33)30-26(31)16-15-25-21-11-5-8-14-24(21)28(29(25)30)27-22-12-6-3-9-19(22)20-10-4-7-13-23(20)27/h3-16,18H,17H2,1-2H3. The minimum Gasteiger partial charge on any atom is -0.266 e. The summed E-state index contributed by atoms with van der Waals surface area (Å²) in [4.78, 5) is 0.0397. The monoisotopic (exact) mass is 498 g/mol. The molecular weight excluding hydrogens is 476 g/mol. The second kappa shape index (κ2) is 8.20. The molecule has 3 nitrogen and oxygen atoms in total. The van der Waals surface area contributed by atoms with Crippen LogP contribution < -0.4 is 0 Å². The minimum atomic E-state index is -4.11. The number of hydrogen-bond acceptors (Lipinski definition) is 3. The van der Waals surface area contributed by atoms with Crippen molar-refractivity contribution in [1.82, 2.24) is 0 Å². The Morgan fingerprint density at radius 1 is 0.657 bits per heavy atom. The van der Waals surface area contributed by atoms with E-state index in [1.54, 1.807) is 6.07 Å². The Labute approximate surface area is 210 Å². The average molecular weight is 499 g/mol. The van der Waals surface area contributed by atoms with E-state index in [1.165, 1.54) is 0 Å². The third-order valence-corrected chi connectivity index (χ3v) is 8.38. The number of rotatable bonds is 4. The van der Waals surface area contributed by atoms with E-state index in [4.69, 9.17) is 15.8 Å². The fourth-order valence-electron chi connectivity index (χ4n) is 5.18. The lowest BCUT2D eigenvalue weighted by atomic mass is 9.91. The predicted octanol–water partition coefficient (Wildman–Crippen LogP) is 7.67. The van der Waals surface area contributed by atoms with Crippen LogP contribution in [0.25, 0.3) is 33.4 Å². The first-order chi connectivity index (χ1) is 16.9. The lowest BCUT2D eigenvalue weighted by Crippen LogP contribution is -2.13. The molecule has 0 aromatic heterocycles. The van der Waals surface area contributed by atoms with E-state index in [1.807, 2.05) is 62.4 Å². The Kier molecular flexibility index (Phi) is 5.22. The van der Waals surface area contributed by atoms with E-state index in [0.717, 1.165) is 50.1 Å². The molecule has 0 radical (unpaired) electrons. The molecule has 4 aromatic rings. The first kappa shape index (κ1) is 22.3. The third kappa shape index (κ3) is 3.40. The number of halogens is 1. The molecule has 0 saturated heterocycles. The Balaban J connectivity index is 1.75. The summed E-state index contributed by atoms with van der Waals surface area (Å²) in [6.45, 7) is 3.93. The molecule has 6 rings (SSSR count). The van der Waals surface area contributed by atoms with Crippen LogP contribution >= 0.6 is 11.6 Å². The van der Waals surface area contributed by atoms with Crippen LogP contribution in [-0.4, -0.2) is 15.0 Å². The summed E-state index contributed by atoms with van der Waals surface area (Å²) in [7, 11) is -4.11. The highest BCUT2D eigenvalue weighted by Gasteiger charge is 2.37. The summed E-state index contributed by atoms with van der Waals surface area (Å²) < 4.78 is 32.7. The topological polar surface area (TPSA) is 43.4 Å². The molecule has 0 heterocycles. The molecule has 0 saturated carbocycles. The zero-order valence-electron chi connectivity index (χ0n) is 19.4. The zero-order chi connectivity index (χ0) is 24.3. The van der Waals surface area contributed by atoms with Gasteiger partial charge in [0.15, 0.2) is 0 Å². The Morgan fingerprint density at radius 2 is 1.11 bits per heavy atom. The summed E-state index contributed by atoms with van der Waals surface area (Å²) in [5.74, 6) is 0.0592. The van der Waals surface area contributed by atoms with Gasteiger partial charge in [0.2, 0.25) is 0 Å². The number of hydrogen-bond donors (Lipinski definition) is 0. The molecule has 0 bridgehead atoms. The van der Waals surface area contributed by atoms with Crippen LogP contribution in [0.15, 0.2) is 89.8 Å². The van der Waals surface area contributed by atoms with E-state index in [2.05, 4.69) is 30.3 Å². The van der Waals surface area contributed by atoms with E-state index < -0.39 is 10.1 Å². The minimum absolute atomic E-state index is 0.0397. The van der Waals surface area contributed by atoms with Gasteiger partial charge in [-0.25, -0.2) is 0 Å². The molecule has 5 heteroatoms. The van der Waals surface area contributed by atoms with Gasteiger partial charge in [0.25, 0.3) is 10.1 Å². The first-order valence-corrected chi connectivity index (χ1v) is 13.4. The van der Waals surface area contributed by atoms with Crippen LogP contribution in [0.5, 0.6) is 0 Å². The largest absolute Gasteiger partial charge is 0.299 e. The van der Waals surface area contributed by atoms with Crippen molar-refractivity contribution in [2.75, 3.05) is 6.61 Å². The summed E-state index contributed by atoms with van der Waals surface area (Å²) in [5, 5.41) is 0.165. The molecule has 0 aliphatic heterocycles. The molecular formula is C30H23ClO3S. The van der Waals surface area contributed by atoms with Gasteiger partial charge in [-0.05, 0) is 56.5 Å². The fraction of sp³-hybridized carbons (Fsp3) is 0.133. The Bertz CT molecular complexity index is 1600. The number of benzene rings is 4. The van der Waals surface area contributed by atoms with E-state index in [-0.39, 0.29) is 22.4 Å². The second-order valence-electron chi connectivity index (χ2n) is 9.32. The highest BCUT2D eigenvalue weighted by Crippen LogP contribution is 2.56. The molecule has 0 fully saturated rings. The van der Waals surface area contributed by atoms with Crippen molar-refractivity contribution in [3.05, 3.63) is 112 Å². The van der Waals surface area contributed by atoms with Gasteiger partial charge in [-0.15, -0.1) is 0 Å². The van der Waals surface area contributed by atoms with Crippen molar-refractivity contribution in [3.8, 4) is 22.3 Å². The van der Waals surface area contributed by atoms with E-state index >= 15 is 0 Å². The highest BCUT2D eigenvalue weighted by molar-refractivity contribution is 7.87. The Morgan fingerprint density at radius 3 is 1.63 bits per heavy atom. The van der Waals surface area contributed by atoms with Crippen molar-refractivity contribution in [2.24, 2.45) is 5.92 Å². The maximum atomic E-state index is 13.6. The van der Waals surface area contributed by atoms with Crippen LogP contribution in [0.1, 0.15) is 36.1 Å². The van der Waals surface area contributed by atoms with Crippen molar-refractivity contribution in [3.63, 3.8) is 0 Å². The van der Waals surface area contributed by atoms with Gasteiger partial charge in [0.1, 0.15) is 4.90 Å². The summed E-state index contributed by atoms with van der Waals surface area (Å²) in [6, 6.07) is 28.2. The van der Waals surface area contributed by atoms with Crippen LogP contribution in [0.3, 0.4) is 0 Å². The Hall–Kier alpha value is -3.18. The van der Waals surface area contributed by atoms with Gasteiger partial charge in [-0.1, -0.05) is 104 Å². The maximum absolute atomic E-state index is 13.6. The molecule has 0 spiro atoms. The van der Waals surface area contributed by atoms with Crippen molar-refractivity contribution < 1.29 is 12.6 Å². The third-order valence-electron chi connectivity index (χ3n) is 6.59. The van der Waals surface area contributed by atoms with E-state index in [9.17, 15) is 8.42 Å². The van der Waals surface area contributed by atoms with Gasteiger partial charge in [-0.3, -0.25) is 4.18 Å². The molecule has 2 aliphatic rings. The van der Waals surface area contributed by atoms with Crippen molar-refractivity contribution >= 4 is 32.9 Å². The van der Waals surface area contributed by atoms with Gasteiger partial charge in [-0.2, -0.15) is 8.42 Å². The molecule has 35 heavy (non-hydrogen) atoms. The van der Waals surface area contributed by atoms with Crippen LogP contribution in [0, 0.1) is 5.92 Å². The second-order valence-corrected chi connectivity index (χ2v) is 11.3. The molecule has 0 amide bonds. The van der Waals surface area contributed by atoms with Crippen LogP contribution in [-0.2, 0) is 14.3 Å². The molecule has 4 aromatic carbocycles. The quantitative estimate of drug-likeness (QED) is 0.234. The normalized spacial score (nSPS) is 13.6. The zero-order valence-corrected chi connectivity index (χ0v) is 21.0. The molecule has 0 N–H and O–H groups in total. The van der Waals surface area contributed by atoms with Crippen molar-refractivity contribution in [2.45, 2.75) is 18.7 Å². The summed E-state index contributed by atoms with van der Waals surface area (Å²) in [5.41, 5.74) is 9.78. The SMILES string of the molecule is CC(C)COS(=O)(=O)c1c(Cl)ccc2c1C(=C1c3ccccc3-c3ccccc31)c1ccccc1-2. The number of fused-ring (bicyclic) bond motifs is 6. The van der Waals surface area contributed by atoms with Gasteiger partial charge >= 0.3 is 0 Å². The van der Waals surface area contributed by atoms with Crippen LogP contribution in [0.2, 0.25) is 5.02 Å². The lowest BCUT2D eigenvalue weighted by Gasteiger charge is -2.16. The predicted molar refractivity (Wildman–Crippen MR) is 142 cm³/mol.